The molecule has 0 aliphatic rings. The Morgan fingerprint density at radius 2 is 2.06 bits per heavy atom. The highest BCUT2D eigenvalue weighted by atomic mass is 32.1. The van der Waals surface area contributed by atoms with Crippen LogP contribution in [0.4, 0.5) is 0 Å². The Labute approximate surface area is 102 Å². The number of aliphatic hydroxyl groups excluding tert-OH is 1. The predicted molar refractivity (Wildman–Crippen MR) is 68.8 cm³/mol. The molecule has 1 unspecified atom stereocenters. The van der Waals surface area contributed by atoms with Gasteiger partial charge in [0, 0.05) is 23.5 Å². The first-order valence-electron chi connectivity index (χ1n) is 5.83. The zero-order chi connectivity index (χ0) is 12.2. The zero-order valence-corrected chi connectivity index (χ0v) is 11.4. The molecule has 0 amide bonds. The van der Waals surface area contributed by atoms with Crippen LogP contribution in [0.2, 0.25) is 0 Å². The summed E-state index contributed by atoms with van der Waals surface area (Å²) in [5.74, 6) is 0. The number of aliphatic hydroxyl groups is 1. The van der Waals surface area contributed by atoms with E-state index in [1.165, 1.54) is 0 Å². The number of thiazole rings is 1. The molecule has 1 aromatic heterocycles. The summed E-state index contributed by atoms with van der Waals surface area (Å²) in [6, 6.07) is 0. The van der Waals surface area contributed by atoms with Gasteiger partial charge in [-0.1, -0.05) is 13.8 Å². The van der Waals surface area contributed by atoms with Gasteiger partial charge in [0.1, 0.15) is 0 Å². The van der Waals surface area contributed by atoms with Crippen LogP contribution in [0.1, 0.15) is 32.7 Å². The molecule has 0 spiro atoms. The molecular weight excluding hydrogens is 220 g/mol. The summed E-state index contributed by atoms with van der Waals surface area (Å²) in [4.78, 5) is 6.50. The third kappa shape index (κ3) is 3.03. The van der Waals surface area contributed by atoms with Gasteiger partial charge in [0.25, 0.3) is 0 Å². The quantitative estimate of drug-likeness (QED) is 0.830. The highest BCUT2D eigenvalue weighted by Crippen LogP contribution is 2.22. The number of hydrogen-bond acceptors (Lipinski definition) is 4. The lowest BCUT2D eigenvalue weighted by Crippen LogP contribution is -2.53. The predicted octanol–water partition coefficient (Wildman–Crippen LogP) is 2.17. The summed E-state index contributed by atoms with van der Waals surface area (Å²) in [5, 5.41) is 13.3. The molecule has 4 heteroatoms. The van der Waals surface area contributed by atoms with Crippen LogP contribution in [0.25, 0.3) is 0 Å². The first-order chi connectivity index (χ1) is 7.52. The van der Waals surface area contributed by atoms with Crippen molar-refractivity contribution in [3.63, 3.8) is 0 Å². The molecule has 92 valence electrons. The third-order valence-electron chi connectivity index (χ3n) is 3.25. The highest BCUT2D eigenvalue weighted by molar-refractivity contribution is 7.09. The van der Waals surface area contributed by atoms with Crippen molar-refractivity contribution in [3.05, 3.63) is 16.6 Å². The molecule has 1 aromatic rings. The van der Waals surface area contributed by atoms with Crippen LogP contribution in [0.5, 0.6) is 0 Å². The van der Waals surface area contributed by atoms with E-state index in [2.05, 4.69) is 37.6 Å². The van der Waals surface area contributed by atoms with E-state index in [1.54, 1.807) is 17.5 Å². The maximum absolute atomic E-state index is 10.3. The Morgan fingerprint density at radius 1 is 1.44 bits per heavy atom. The Balaban J connectivity index is 2.67. The fourth-order valence-corrected chi connectivity index (χ4v) is 2.67. The van der Waals surface area contributed by atoms with Crippen molar-refractivity contribution in [3.8, 4) is 0 Å². The lowest BCUT2D eigenvalue weighted by molar-refractivity contribution is -0.00417. The second-order valence-electron chi connectivity index (χ2n) is 4.47. The van der Waals surface area contributed by atoms with Crippen LogP contribution in [0, 0.1) is 0 Å². The van der Waals surface area contributed by atoms with Gasteiger partial charge in [-0.05, 0) is 26.9 Å². The monoisotopic (exact) mass is 242 g/mol. The van der Waals surface area contributed by atoms with Crippen LogP contribution in [-0.2, 0) is 6.42 Å². The van der Waals surface area contributed by atoms with Gasteiger partial charge >= 0.3 is 0 Å². The van der Waals surface area contributed by atoms with E-state index in [1.807, 2.05) is 5.38 Å². The lowest BCUT2D eigenvalue weighted by atomic mass is 9.92. The molecule has 0 aromatic carbocycles. The van der Waals surface area contributed by atoms with Crippen molar-refractivity contribution in [2.45, 2.75) is 45.8 Å². The molecule has 1 atom stereocenters. The van der Waals surface area contributed by atoms with Crippen molar-refractivity contribution >= 4 is 11.3 Å². The standard InChI is InChI=1S/C12H22N2OS/c1-5-14(6-2)12(3,4)10(15)9-11-13-7-8-16-11/h7-8,10,15H,5-6,9H2,1-4H3. The fourth-order valence-electron chi connectivity index (χ4n) is 2.02. The van der Waals surface area contributed by atoms with Crippen molar-refractivity contribution in [1.29, 1.82) is 0 Å². The van der Waals surface area contributed by atoms with Crippen molar-refractivity contribution in [2.24, 2.45) is 0 Å². The number of nitrogens with zero attached hydrogens (tertiary/aromatic N) is 2. The molecule has 0 saturated carbocycles. The molecule has 16 heavy (non-hydrogen) atoms. The topological polar surface area (TPSA) is 36.4 Å². The van der Waals surface area contributed by atoms with E-state index >= 15 is 0 Å². The molecule has 0 saturated heterocycles. The summed E-state index contributed by atoms with van der Waals surface area (Å²) < 4.78 is 0. The summed E-state index contributed by atoms with van der Waals surface area (Å²) in [6.45, 7) is 10.4. The number of aromatic nitrogens is 1. The minimum atomic E-state index is -0.376. The average Bonchev–Trinajstić information content (AvgIpc) is 2.71. The summed E-state index contributed by atoms with van der Waals surface area (Å²) >= 11 is 1.60. The van der Waals surface area contributed by atoms with Gasteiger partial charge in [-0.2, -0.15) is 0 Å². The van der Waals surface area contributed by atoms with Gasteiger partial charge in [-0.25, -0.2) is 4.98 Å². The summed E-state index contributed by atoms with van der Waals surface area (Å²) in [6.07, 6.45) is 2.05. The SMILES string of the molecule is CCN(CC)C(C)(C)C(O)Cc1nccs1. The minimum absolute atomic E-state index is 0.199. The van der Waals surface area contributed by atoms with Gasteiger partial charge in [-0.15, -0.1) is 11.3 Å². The van der Waals surface area contributed by atoms with Gasteiger partial charge < -0.3 is 5.11 Å². The van der Waals surface area contributed by atoms with Gasteiger partial charge in [0.05, 0.1) is 11.1 Å². The third-order valence-corrected chi connectivity index (χ3v) is 4.05. The van der Waals surface area contributed by atoms with E-state index < -0.39 is 0 Å². The Hall–Kier alpha value is -0.450. The minimum Gasteiger partial charge on any atom is -0.391 e. The van der Waals surface area contributed by atoms with Crippen LogP contribution < -0.4 is 0 Å². The smallest absolute Gasteiger partial charge is 0.0951 e. The summed E-state index contributed by atoms with van der Waals surface area (Å²) in [7, 11) is 0. The lowest BCUT2D eigenvalue weighted by Gasteiger charge is -2.40. The second kappa shape index (κ2) is 5.75. The molecule has 0 fully saturated rings. The molecule has 0 bridgehead atoms. The average molecular weight is 242 g/mol. The molecule has 1 heterocycles. The molecular formula is C12H22N2OS. The second-order valence-corrected chi connectivity index (χ2v) is 5.45. The number of likely N-dealkylation sites (N-methyl/N-ethyl adjacent to an activating group) is 1. The van der Waals surface area contributed by atoms with Crippen molar-refractivity contribution in [2.75, 3.05) is 13.1 Å². The van der Waals surface area contributed by atoms with Gasteiger partial charge in [0.2, 0.25) is 0 Å². The first-order valence-corrected chi connectivity index (χ1v) is 6.71. The molecule has 0 aliphatic carbocycles. The van der Waals surface area contributed by atoms with Crippen molar-refractivity contribution < 1.29 is 5.11 Å². The molecule has 0 radical (unpaired) electrons. The van der Waals surface area contributed by atoms with E-state index in [9.17, 15) is 5.11 Å². The zero-order valence-electron chi connectivity index (χ0n) is 10.6. The van der Waals surface area contributed by atoms with Crippen molar-refractivity contribution in [1.82, 2.24) is 9.88 Å². The van der Waals surface area contributed by atoms with E-state index in [4.69, 9.17) is 0 Å². The normalized spacial score (nSPS) is 14.4. The number of hydrogen-bond donors (Lipinski definition) is 1. The molecule has 1 N–H and O–H groups in total. The largest absolute Gasteiger partial charge is 0.391 e. The number of rotatable bonds is 6. The molecule has 1 rings (SSSR count). The van der Waals surface area contributed by atoms with Gasteiger partial charge in [-0.3, -0.25) is 4.90 Å². The maximum atomic E-state index is 10.3. The Kier molecular flexibility index (Phi) is 4.89. The fraction of sp³-hybridized carbons (Fsp3) is 0.750. The summed E-state index contributed by atoms with van der Waals surface area (Å²) in [5.41, 5.74) is -0.199. The van der Waals surface area contributed by atoms with Crippen LogP contribution in [0.15, 0.2) is 11.6 Å². The van der Waals surface area contributed by atoms with E-state index in [0.717, 1.165) is 18.1 Å². The van der Waals surface area contributed by atoms with Crippen LogP contribution >= 0.6 is 11.3 Å². The molecule has 3 nitrogen and oxygen atoms in total. The molecule has 0 aliphatic heterocycles. The van der Waals surface area contributed by atoms with Gasteiger partial charge in [0.15, 0.2) is 0 Å². The maximum Gasteiger partial charge on any atom is 0.0951 e. The highest BCUT2D eigenvalue weighted by Gasteiger charge is 2.33. The van der Waals surface area contributed by atoms with E-state index in [-0.39, 0.29) is 11.6 Å². The Morgan fingerprint density at radius 3 is 2.50 bits per heavy atom. The van der Waals surface area contributed by atoms with Crippen LogP contribution in [-0.4, -0.2) is 39.7 Å². The van der Waals surface area contributed by atoms with Crippen LogP contribution in [0.3, 0.4) is 0 Å². The first kappa shape index (κ1) is 13.6. The van der Waals surface area contributed by atoms with E-state index in [0.29, 0.717) is 6.42 Å². The Bertz CT molecular complexity index is 294.